The van der Waals surface area contributed by atoms with E-state index in [4.69, 9.17) is 0 Å². The Morgan fingerprint density at radius 1 is 1.16 bits per heavy atom. The predicted molar refractivity (Wildman–Crippen MR) is 117 cm³/mol. The molecule has 4 amide bonds. The molecule has 0 aromatic heterocycles. The molecule has 0 radical (unpaired) electrons. The first-order valence-corrected chi connectivity index (χ1v) is 10.9. The molecule has 166 valence electrons. The lowest BCUT2D eigenvalue weighted by Crippen LogP contribution is -2.49. The van der Waals surface area contributed by atoms with E-state index in [1.807, 2.05) is 50.3 Å². The summed E-state index contributed by atoms with van der Waals surface area (Å²) in [7, 11) is 1.55. The highest BCUT2D eigenvalue weighted by atomic mass is 16.2. The fourth-order valence-corrected chi connectivity index (χ4v) is 4.53. The van der Waals surface area contributed by atoms with E-state index < -0.39 is 6.04 Å². The fraction of sp³-hybridized carbons (Fsp3) is 0.500. The number of benzene rings is 1. The maximum absolute atomic E-state index is 13.2. The van der Waals surface area contributed by atoms with Gasteiger partial charge >= 0.3 is 0 Å². The third-order valence-corrected chi connectivity index (χ3v) is 6.22. The summed E-state index contributed by atoms with van der Waals surface area (Å²) in [6.45, 7) is 4.19. The van der Waals surface area contributed by atoms with Crippen molar-refractivity contribution in [3.05, 3.63) is 47.5 Å². The third-order valence-electron chi connectivity index (χ3n) is 6.22. The van der Waals surface area contributed by atoms with Crippen LogP contribution in [0.5, 0.6) is 0 Å². The van der Waals surface area contributed by atoms with Crippen LogP contribution in [0.3, 0.4) is 0 Å². The molecule has 0 spiro atoms. The summed E-state index contributed by atoms with van der Waals surface area (Å²) in [4.78, 5) is 53.9. The highest BCUT2D eigenvalue weighted by Crippen LogP contribution is 2.35. The number of allylic oxidation sites excluding steroid dienone is 2. The van der Waals surface area contributed by atoms with E-state index in [9.17, 15) is 19.2 Å². The highest BCUT2D eigenvalue weighted by Gasteiger charge is 2.47. The molecule has 1 aliphatic heterocycles. The molecular formula is C24H31N3O4. The zero-order valence-electron chi connectivity index (χ0n) is 18.5. The number of nitrogens with zero attached hydrogens (tertiary/aromatic N) is 2. The minimum Gasteiger partial charge on any atom is -0.357 e. The molecule has 1 N–H and O–H groups in total. The van der Waals surface area contributed by atoms with Gasteiger partial charge in [-0.05, 0) is 31.7 Å². The number of hydrogen-bond acceptors (Lipinski definition) is 4. The summed E-state index contributed by atoms with van der Waals surface area (Å²) in [5, 5.41) is 2.64. The third kappa shape index (κ3) is 4.86. The van der Waals surface area contributed by atoms with Crippen LogP contribution in [0.15, 0.2) is 36.4 Å². The Kier molecular flexibility index (Phi) is 7.25. The van der Waals surface area contributed by atoms with Gasteiger partial charge < -0.3 is 10.2 Å². The number of aryl methyl sites for hydroxylation is 1. The number of carbonyl (C=O) groups is 4. The van der Waals surface area contributed by atoms with Crippen LogP contribution in [0.2, 0.25) is 0 Å². The van der Waals surface area contributed by atoms with Crippen molar-refractivity contribution in [3.8, 4) is 0 Å². The second-order valence-corrected chi connectivity index (χ2v) is 8.28. The normalized spacial score (nSPS) is 21.1. The van der Waals surface area contributed by atoms with Crippen molar-refractivity contribution in [2.45, 2.75) is 52.1 Å². The molecule has 7 heteroatoms. The Balaban J connectivity index is 1.74. The number of nitrogens with one attached hydrogen (secondary N) is 1. The van der Waals surface area contributed by atoms with Crippen molar-refractivity contribution in [1.29, 1.82) is 0 Å². The van der Waals surface area contributed by atoms with Gasteiger partial charge in [0.2, 0.25) is 23.6 Å². The van der Waals surface area contributed by atoms with E-state index in [-0.39, 0.29) is 48.4 Å². The van der Waals surface area contributed by atoms with Crippen molar-refractivity contribution in [3.63, 3.8) is 0 Å². The van der Waals surface area contributed by atoms with E-state index in [0.717, 1.165) is 11.1 Å². The largest absolute Gasteiger partial charge is 0.357 e. The number of amides is 4. The maximum atomic E-state index is 13.2. The number of fused-ring (bicyclic) bond motifs is 1. The molecule has 1 aliphatic carbocycles. The second kappa shape index (κ2) is 9.90. The standard InChI is InChI=1S/C24H31N3O4/c1-4-20(22(29)25-3)27(15-17-9-7-8-16(2)14-17)21(28)12-13-26-23(30)18-10-5-6-11-19(18)24(26)31/h5-9,14,18-20H,4,10-13,15H2,1-3H3,(H,25,29)/t18-,19+,20-/m1/s1. The van der Waals surface area contributed by atoms with Gasteiger partial charge in [0.1, 0.15) is 6.04 Å². The fourth-order valence-electron chi connectivity index (χ4n) is 4.53. The van der Waals surface area contributed by atoms with Gasteiger partial charge in [0.25, 0.3) is 0 Å². The molecule has 0 saturated carbocycles. The molecule has 7 nitrogen and oxygen atoms in total. The van der Waals surface area contributed by atoms with Gasteiger partial charge in [-0.3, -0.25) is 24.1 Å². The quantitative estimate of drug-likeness (QED) is 0.511. The number of rotatable bonds is 8. The monoisotopic (exact) mass is 425 g/mol. The lowest BCUT2D eigenvalue weighted by Gasteiger charge is -2.31. The SMILES string of the molecule is CC[C@H](C(=O)NC)N(Cc1cccc(C)c1)C(=O)CCN1C(=O)[C@H]2CC=CC[C@H]2C1=O. The number of hydrogen-bond donors (Lipinski definition) is 1. The van der Waals surface area contributed by atoms with Gasteiger partial charge in [-0.1, -0.05) is 48.9 Å². The number of carbonyl (C=O) groups excluding carboxylic acids is 4. The summed E-state index contributed by atoms with van der Waals surface area (Å²) in [5.41, 5.74) is 2.00. The first-order valence-electron chi connectivity index (χ1n) is 10.9. The van der Waals surface area contributed by atoms with E-state index >= 15 is 0 Å². The molecule has 2 aliphatic rings. The molecule has 1 aromatic rings. The highest BCUT2D eigenvalue weighted by molar-refractivity contribution is 6.05. The van der Waals surface area contributed by atoms with Gasteiger partial charge in [0.05, 0.1) is 11.8 Å². The molecule has 1 fully saturated rings. The van der Waals surface area contributed by atoms with Crippen molar-refractivity contribution in [2.24, 2.45) is 11.8 Å². The van der Waals surface area contributed by atoms with E-state index in [2.05, 4.69) is 5.32 Å². The van der Waals surface area contributed by atoms with Gasteiger partial charge in [-0.2, -0.15) is 0 Å². The summed E-state index contributed by atoms with van der Waals surface area (Å²) in [6.07, 6.45) is 5.51. The van der Waals surface area contributed by atoms with Crippen LogP contribution in [0, 0.1) is 18.8 Å². The summed E-state index contributed by atoms with van der Waals surface area (Å²) in [5.74, 6) is -1.44. The molecule has 3 rings (SSSR count). The minimum absolute atomic E-state index is 0.00363. The molecule has 0 bridgehead atoms. The molecule has 1 saturated heterocycles. The first-order chi connectivity index (χ1) is 14.9. The maximum Gasteiger partial charge on any atom is 0.242 e. The molecule has 1 heterocycles. The van der Waals surface area contributed by atoms with Gasteiger partial charge in [-0.15, -0.1) is 0 Å². The van der Waals surface area contributed by atoms with Crippen LogP contribution in [0.4, 0.5) is 0 Å². The summed E-state index contributed by atoms with van der Waals surface area (Å²) >= 11 is 0. The molecular weight excluding hydrogens is 394 g/mol. The van der Waals surface area contributed by atoms with Crippen molar-refractivity contribution >= 4 is 23.6 Å². The van der Waals surface area contributed by atoms with E-state index in [0.29, 0.717) is 25.8 Å². The van der Waals surface area contributed by atoms with Gasteiger partial charge in [0, 0.05) is 26.6 Å². The van der Waals surface area contributed by atoms with Crippen LogP contribution < -0.4 is 5.32 Å². The van der Waals surface area contributed by atoms with Gasteiger partial charge in [0.15, 0.2) is 0 Å². The van der Waals surface area contributed by atoms with Crippen LogP contribution in [0.25, 0.3) is 0 Å². The summed E-state index contributed by atoms with van der Waals surface area (Å²) < 4.78 is 0. The Bertz CT molecular complexity index is 869. The van der Waals surface area contributed by atoms with E-state index in [1.54, 1.807) is 11.9 Å². The van der Waals surface area contributed by atoms with Crippen molar-refractivity contribution in [2.75, 3.05) is 13.6 Å². The molecule has 3 atom stereocenters. The van der Waals surface area contributed by atoms with Crippen molar-refractivity contribution in [1.82, 2.24) is 15.1 Å². The smallest absolute Gasteiger partial charge is 0.242 e. The second-order valence-electron chi connectivity index (χ2n) is 8.28. The van der Waals surface area contributed by atoms with E-state index in [1.165, 1.54) is 4.90 Å². The topological polar surface area (TPSA) is 86.8 Å². The van der Waals surface area contributed by atoms with Crippen molar-refractivity contribution < 1.29 is 19.2 Å². The average Bonchev–Trinajstić information content (AvgIpc) is 3.01. The molecule has 1 aromatic carbocycles. The molecule has 31 heavy (non-hydrogen) atoms. The zero-order chi connectivity index (χ0) is 22.5. The van der Waals surface area contributed by atoms with Crippen LogP contribution in [-0.4, -0.2) is 53.1 Å². The van der Waals surface area contributed by atoms with Gasteiger partial charge in [-0.25, -0.2) is 0 Å². The van der Waals surface area contributed by atoms with Crippen LogP contribution in [-0.2, 0) is 25.7 Å². The van der Waals surface area contributed by atoms with Crippen LogP contribution >= 0.6 is 0 Å². The first kappa shape index (κ1) is 22.7. The number of likely N-dealkylation sites (N-methyl/N-ethyl adjacent to an activating group) is 1. The predicted octanol–water partition coefficient (Wildman–Crippen LogP) is 2.19. The Morgan fingerprint density at radius 2 is 1.81 bits per heavy atom. The Labute approximate surface area is 183 Å². The Hall–Kier alpha value is -2.96. The Morgan fingerprint density at radius 3 is 2.35 bits per heavy atom. The van der Waals surface area contributed by atoms with Crippen LogP contribution in [0.1, 0.15) is 43.7 Å². The molecule has 0 unspecified atom stereocenters. The number of imide groups is 1. The number of likely N-dealkylation sites (tertiary alicyclic amines) is 1. The summed E-state index contributed by atoms with van der Waals surface area (Å²) in [6, 6.07) is 7.20. The lowest BCUT2D eigenvalue weighted by atomic mass is 9.85. The lowest BCUT2D eigenvalue weighted by molar-refractivity contribution is -0.144. The average molecular weight is 426 g/mol. The minimum atomic E-state index is -0.616. The zero-order valence-corrected chi connectivity index (χ0v) is 18.5.